The molecule has 0 amide bonds. The number of benzene rings is 2. The summed E-state index contributed by atoms with van der Waals surface area (Å²) in [6.07, 6.45) is 0. The first-order chi connectivity index (χ1) is 12.5. The molecule has 0 fully saturated rings. The van der Waals surface area contributed by atoms with E-state index in [1.165, 1.54) is 11.3 Å². The van der Waals surface area contributed by atoms with E-state index in [-0.39, 0.29) is 5.69 Å². The van der Waals surface area contributed by atoms with Crippen LogP contribution in [0.2, 0.25) is 0 Å². The third kappa shape index (κ3) is 2.29. The first-order valence-electron chi connectivity index (χ1n) is 7.79. The number of thiophene rings is 1. The highest BCUT2D eigenvalue weighted by Gasteiger charge is 2.23. The van der Waals surface area contributed by atoms with Crippen LogP contribution in [0.15, 0.2) is 47.8 Å². The standard InChI is InChI=1S/C20H12F2N2OS/c1-11-6-7-26-20(11)18-14(10-23)13-4-2-3-5-17(13)24(18)12-8-15(21)19(25)16(22)9-12/h2-9,25H,1H3. The number of aromatic nitrogens is 1. The summed E-state index contributed by atoms with van der Waals surface area (Å²) in [7, 11) is 0. The number of hydrogen-bond donors (Lipinski definition) is 1. The Hall–Kier alpha value is -3.17. The van der Waals surface area contributed by atoms with E-state index in [2.05, 4.69) is 6.07 Å². The van der Waals surface area contributed by atoms with Gasteiger partial charge < -0.3 is 9.67 Å². The Morgan fingerprint density at radius 2 is 1.81 bits per heavy atom. The minimum atomic E-state index is -1.05. The molecule has 4 aromatic rings. The van der Waals surface area contributed by atoms with Gasteiger partial charge >= 0.3 is 0 Å². The van der Waals surface area contributed by atoms with E-state index in [0.717, 1.165) is 22.6 Å². The molecule has 2 aromatic carbocycles. The van der Waals surface area contributed by atoms with Gasteiger partial charge in [-0.25, -0.2) is 8.78 Å². The highest BCUT2D eigenvalue weighted by Crippen LogP contribution is 2.40. The molecule has 2 aromatic heterocycles. The van der Waals surface area contributed by atoms with Gasteiger partial charge in [0.25, 0.3) is 0 Å². The lowest BCUT2D eigenvalue weighted by molar-refractivity contribution is 0.396. The van der Waals surface area contributed by atoms with Crippen molar-refractivity contribution in [1.82, 2.24) is 4.57 Å². The first-order valence-corrected chi connectivity index (χ1v) is 8.67. The number of nitriles is 1. The molecular weight excluding hydrogens is 354 g/mol. The minimum absolute atomic E-state index is 0.207. The third-order valence-corrected chi connectivity index (χ3v) is 5.35. The molecule has 0 spiro atoms. The van der Waals surface area contributed by atoms with E-state index in [9.17, 15) is 19.1 Å². The maximum absolute atomic E-state index is 14.0. The number of para-hydroxylation sites is 1. The zero-order chi connectivity index (χ0) is 18.4. The van der Waals surface area contributed by atoms with Crippen LogP contribution in [-0.2, 0) is 0 Å². The van der Waals surface area contributed by atoms with Crippen molar-refractivity contribution < 1.29 is 13.9 Å². The summed E-state index contributed by atoms with van der Waals surface area (Å²) in [6.45, 7) is 1.92. The molecule has 128 valence electrons. The van der Waals surface area contributed by atoms with Gasteiger partial charge in [0, 0.05) is 17.5 Å². The SMILES string of the molecule is Cc1ccsc1-c1c(C#N)c2ccccc2n1-c1cc(F)c(O)c(F)c1. The maximum atomic E-state index is 14.0. The van der Waals surface area contributed by atoms with Crippen molar-refractivity contribution in [3.8, 4) is 28.1 Å². The normalized spacial score (nSPS) is 11.0. The van der Waals surface area contributed by atoms with Crippen LogP contribution in [-0.4, -0.2) is 9.67 Å². The minimum Gasteiger partial charge on any atom is -0.503 e. The number of nitrogens with zero attached hydrogens (tertiary/aromatic N) is 2. The van der Waals surface area contributed by atoms with Crippen LogP contribution in [0.3, 0.4) is 0 Å². The monoisotopic (exact) mass is 366 g/mol. The highest BCUT2D eigenvalue weighted by molar-refractivity contribution is 7.13. The Morgan fingerprint density at radius 3 is 2.42 bits per heavy atom. The Labute approximate surface area is 152 Å². The van der Waals surface area contributed by atoms with Crippen LogP contribution in [0.25, 0.3) is 27.2 Å². The molecule has 2 heterocycles. The molecule has 3 nitrogen and oxygen atoms in total. The smallest absolute Gasteiger partial charge is 0.187 e. The van der Waals surface area contributed by atoms with Gasteiger partial charge in [-0.1, -0.05) is 18.2 Å². The van der Waals surface area contributed by atoms with E-state index in [4.69, 9.17) is 0 Å². The molecule has 0 atom stereocenters. The number of halogens is 2. The van der Waals surface area contributed by atoms with Crippen molar-refractivity contribution in [3.63, 3.8) is 0 Å². The molecule has 0 aliphatic heterocycles. The molecule has 1 N–H and O–H groups in total. The zero-order valence-corrected chi connectivity index (χ0v) is 14.4. The summed E-state index contributed by atoms with van der Waals surface area (Å²) in [5.74, 6) is -3.12. The highest BCUT2D eigenvalue weighted by atomic mass is 32.1. The fraction of sp³-hybridized carbons (Fsp3) is 0.0500. The van der Waals surface area contributed by atoms with Crippen molar-refractivity contribution in [3.05, 3.63) is 70.6 Å². The van der Waals surface area contributed by atoms with Gasteiger partial charge in [-0.2, -0.15) is 5.26 Å². The van der Waals surface area contributed by atoms with Gasteiger partial charge in [0.15, 0.2) is 17.4 Å². The summed E-state index contributed by atoms with van der Waals surface area (Å²) in [6, 6.07) is 13.5. The predicted octanol–water partition coefficient (Wildman–Crippen LogP) is 5.52. The van der Waals surface area contributed by atoms with Crippen molar-refractivity contribution in [2.24, 2.45) is 0 Å². The number of phenolic OH excluding ortho intramolecular Hbond substituents is 1. The number of aryl methyl sites for hydroxylation is 1. The van der Waals surface area contributed by atoms with Crippen molar-refractivity contribution in [2.45, 2.75) is 6.92 Å². The fourth-order valence-electron chi connectivity index (χ4n) is 3.13. The molecule has 0 saturated carbocycles. The lowest BCUT2D eigenvalue weighted by Gasteiger charge is -2.12. The molecular formula is C20H12F2N2OS. The molecule has 0 unspecified atom stereocenters. The second kappa shape index (κ2) is 5.97. The van der Waals surface area contributed by atoms with E-state index in [0.29, 0.717) is 22.2 Å². The summed E-state index contributed by atoms with van der Waals surface area (Å²) < 4.78 is 29.7. The van der Waals surface area contributed by atoms with Gasteiger partial charge in [-0.15, -0.1) is 11.3 Å². The second-order valence-electron chi connectivity index (χ2n) is 5.88. The van der Waals surface area contributed by atoms with Gasteiger partial charge in [0.2, 0.25) is 0 Å². The largest absolute Gasteiger partial charge is 0.503 e. The first kappa shape index (κ1) is 16.3. The van der Waals surface area contributed by atoms with E-state index < -0.39 is 17.4 Å². The lowest BCUT2D eigenvalue weighted by atomic mass is 10.1. The van der Waals surface area contributed by atoms with Crippen LogP contribution in [0.4, 0.5) is 8.78 Å². The lowest BCUT2D eigenvalue weighted by Crippen LogP contribution is -1.99. The maximum Gasteiger partial charge on any atom is 0.187 e. The topological polar surface area (TPSA) is 49.0 Å². The molecule has 0 radical (unpaired) electrons. The van der Waals surface area contributed by atoms with Gasteiger partial charge in [-0.3, -0.25) is 0 Å². The second-order valence-corrected chi connectivity index (χ2v) is 6.79. The number of fused-ring (bicyclic) bond motifs is 1. The Kier molecular flexibility index (Phi) is 3.74. The third-order valence-electron chi connectivity index (χ3n) is 4.32. The van der Waals surface area contributed by atoms with Crippen LogP contribution in [0, 0.1) is 29.9 Å². The summed E-state index contributed by atoms with van der Waals surface area (Å²) in [4.78, 5) is 0.853. The van der Waals surface area contributed by atoms with Gasteiger partial charge in [0.05, 0.1) is 27.3 Å². The fourth-order valence-corrected chi connectivity index (χ4v) is 4.10. The van der Waals surface area contributed by atoms with E-state index in [1.807, 2.05) is 30.5 Å². The number of aromatic hydroxyl groups is 1. The Balaban J connectivity index is 2.19. The molecule has 0 bridgehead atoms. The summed E-state index contributed by atoms with van der Waals surface area (Å²) in [5, 5.41) is 21.8. The van der Waals surface area contributed by atoms with Gasteiger partial charge in [-0.05, 0) is 30.0 Å². The van der Waals surface area contributed by atoms with Crippen LogP contribution < -0.4 is 0 Å². The van der Waals surface area contributed by atoms with Crippen LogP contribution >= 0.6 is 11.3 Å². The zero-order valence-electron chi connectivity index (χ0n) is 13.6. The van der Waals surface area contributed by atoms with Crippen LogP contribution in [0.5, 0.6) is 5.75 Å². The molecule has 4 rings (SSSR count). The molecule has 0 aliphatic carbocycles. The molecule has 0 saturated heterocycles. The molecule has 0 aliphatic rings. The van der Waals surface area contributed by atoms with Gasteiger partial charge in [0.1, 0.15) is 6.07 Å². The van der Waals surface area contributed by atoms with E-state index >= 15 is 0 Å². The summed E-state index contributed by atoms with van der Waals surface area (Å²) in [5.41, 5.74) is 2.87. The average Bonchev–Trinajstić information content (AvgIpc) is 3.19. The molecule has 6 heteroatoms. The number of rotatable bonds is 2. The predicted molar refractivity (Wildman–Crippen MR) is 97.6 cm³/mol. The van der Waals surface area contributed by atoms with Crippen LogP contribution in [0.1, 0.15) is 11.1 Å². The van der Waals surface area contributed by atoms with Crippen molar-refractivity contribution in [2.75, 3.05) is 0 Å². The molecule has 26 heavy (non-hydrogen) atoms. The number of phenols is 1. The Morgan fingerprint density at radius 1 is 1.12 bits per heavy atom. The van der Waals surface area contributed by atoms with Crippen molar-refractivity contribution >= 4 is 22.2 Å². The quantitative estimate of drug-likeness (QED) is 0.508. The van der Waals surface area contributed by atoms with Crippen molar-refractivity contribution in [1.29, 1.82) is 5.26 Å². The summed E-state index contributed by atoms with van der Waals surface area (Å²) >= 11 is 1.46. The average molecular weight is 366 g/mol. The Bertz CT molecular complexity index is 1180. The van der Waals surface area contributed by atoms with E-state index in [1.54, 1.807) is 16.7 Å². The number of hydrogen-bond acceptors (Lipinski definition) is 3.